The van der Waals surface area contributed by atoms with Crippen molar-refractivity contribution in [2.24, 2.45) is 5.92 Å². The Balaban J connectivity index is 0.000000724. The molecule has 1 atom stereocenters. The van der Waals surface area contributed by atoms with Gasteiger partial charge in [0.1, 0.15) is 0 Å². The predicted octanol–water partition coefficient (Wildman–Crippen LogP) is 10.5. The van der Waals surface area contributed by atoms with Crippen LogP contribution in [0.2, 0.25) is 0 Å². The van der Waals surface area contributed by atoms with Crippen molar-refractivity contribution in [3.05, 3.63) is 125 Å². The van der Waals surface area contributed by atoms with Gasteiger partial charge in [0, 0.05) is 36.0 Å². The lowest BCUT2D eigenvalue weighted by atomic mass is 9.88. The number of esters is 1. The van der Waals surface area contributed by atoms with E-state index in [9.17, 15) is 9.59 Å². The number of rotatable bonds is 8. The lowest BCUT2D eigenvalue weighted by molar-refractivity contribution is -0.136. The number of methoxy groups -OCH3 is 1. The number of likely N-dealkylation sites (tertiary alicyclic amines) is 1. The van der Waals surface area contributed by atoms with Gasteiger partial charge >= 0.3 is 11.9 Å². The summed E-state index contributed by atoms with van der Waals surface area (Å²) < 4.78 is 4.57. The van der Waals surface area contributed by atoms with Crippen molar-refractivity contribution in [1.82, 2.24) is 10.2 Å². The Labute approximate surface area is 310 Å². The first-order chi connectivity index (χ1) is 24.6. The van der Waals surface area contributed by atoms with Gasteiger partial charge in [0.25, 0.3) is 0 Å². The van der Waals surface area contributed by atoms with Crippen LogP contribution >= 0.6 is 0 Å². The largest absolute Gasteiger partial charge is 0.478 e. The number of hydrogen-bond donors (Lipinski definition) is 3. The van der Waals surface area contributed by atoms with Crippen molar-refractivity contribution >= 4 is 17.6 Å². The van der Waals surface area contributed by atoms with Crippen LogP contribution in [0.25, 0.3) is 0 Å². The summed E-state index contributed by atoms with van der Waals surface area (Å²) in [5.41, 5.74) is 10.8. The Morgan fingerprint density at radius 1 is 0.824 bits per heavy atom. The molecule has 0 radical (unpaired) electrons. The highest BCUT2D eigenvalue weighted by Crippen LogP contribution is 2.29. The molecule has 0 saturated carbocycles. The van der Waals surface area contributed by atoms with Crippen LogP contribution in [0.15, 0.2) is 114 Å². The zero-order valence-corrected chi connectivity index (χ0v) is 33.2. The van der Waals surface area contributed by atoms with E-state index in [1.54, 1.807) is 13.8 Å². The number of dihydropyridines is 1. The van der Waals surface area contributed by atoms with E-state index in [1.165, 1.54) is 63.6 Å². The van der Waals surface area contributed by atoms with E-state index in [4.69, 9.17) is 10.8 Å². The molecule has 0 aliphatic carbocycles. The van der Waals surface area contributed by atoms with E-state index in [1.807, 2.05) is 58.0 Å². The summed E-state index contributed by atoms with van der Waals surface area (Å²) in [6.07, 6.45) is 5.31. The molecule has 1 unspecified atom stereocenters. The molecule has 282 valence electrons. The van der Waals surface area contributed by atoms with Crippen molar-refractivity contribution in [3.8, 4) is 0 Å². The van der Waals surface area contributed by atoms with Crippen molar-refractivity contribution in [2.45, 2.75) is 100 Å². The van der Waals surface area contributed by atoms with Crippen LogP contribution in [0.3, 0.4) is 0 Å². The monoisotopic (exact) mass is 702 g/mol. The summed E-state index contributed by atoms with van der Waals surface area (Å²) in [7, 11) is 1.27. The van der Waals surface area contributed by atoms with Gasteiger partial charge in [-0.2, -0.15) is 0 Å². The molecule has 3 aromatic rings. The third-order valence-corrected chi connectivity index (χ3v) is 8.27. The maximum absolute atomic E-state index is 11.3. The Morgan fingerprint density at radius 2 is 1.27 bits per heavy atom. The minimum atomic E-state index is -1.02. The second-order valence-electron chi connectivity index (χ2n) is 12.1. The summed E-state index contributed by atoms with van der Waals surface area (Å²) >= 11 is 0. The fraction of sp³-hybridized carbons (Fsp3) is 0.455. The van der Waals surface area contributed by atoms with Crippen LogP contribution in [-0.4, -0.2) is 48.7 Å². The molecular formula is C44H67N3O4. The summed E-state index contributed by atoms with van der Waals surface area (Å²) in [6.45, 7) is 21.9. The highest BCUT2D eigenvalue weighted by Gasteiger charge is 2.25. The highest BCUT2D eigenvalue weighted by molar-refractivity contribution is 5.95. The normalized spacial score (nSPS) is 14.7. The fourth-order valence-electron chi connectivity index (χ4n) is 5.35. The van der Waals surface area contributed by atoms with Gasteiger partial charge in [0.15, 0.2) is 0 Å². The molecule has 51 heavy (non-hydrogen) atoms. The van der Waals surface area contributed by atoms with E-state index in [0.717, 1.165) is 11.6 Å². The van der Waals surface area contributed by atoms with Gasteiger partial charge in [-0.15, -0.1) is 0 Å². The zero-order chi connectivity index (χ0) is 38.6. The number of allylic oxidation sites excluding steroid dienone is 2. The number of nitrogen functional groups attached to an aromatic ring is 1. The van der Waals surface area contributed by atoms with Crippen molar-refractivity contribution in [2.75, 3.05) is 32.5 Å². The fourth-order valence-corrected chi connectivity index (χ4v) is 5.35. The van der Waals surface area contributed by atoms with Gasteiger partial charge in [-0.25, -0.2) is 9.59 Å². The molecule has 5 rings (SSSR count). The van der Waals surface area contributed by atoms with Crippen LogP contribution < -0.4 is 11.1 Å². The maximum atomic E-state index is 11.3. The molecule has 3 aromatic carbocycles. The van der Waals surface area contributed by atoms with Gasteiger partial charge in [0.05, 0.1) is 18.3 Å². The molecule has 7 nitrogen and oxygen atoms in total. The molecule has 2 heterocycles. The molecule has 7 heteroatoms. The Bertz CT molecular complexity index is 1360. The maximum Gasteiger partial charge on any atom is 0.335 e. The van der Waals surface area contributed by atoms with Crippen molar-refractivity contribution in [1.29, 1.82) is 0 Å². The number of carbonyl (C=O) groups is 2. The number of para-hydroxylation sites is 1. The van der Waals surface area contributed by atoms with Gasteiger partial charge in [-0.1, -0.05) is 140 Å². The second kappa shape index (κ2) is 28.3. The van der Waals surface area contributed by atoms with Crippen LogP contribution in [-0.2, 0) is 14.3 Å². The van der Waals surface area contributed by atoms with Crippen LogP contribution in [0.4, 0.5) is 5.69 Å². The molecular weight excluding hydrogens is 635 g/mol. The minimum Gasteiger partial charge on any atom is -0.478 e. The number of unbranched alkanes of at least 4 members (excludes halogenated alkanes) is 1. The number of benzene rings is 3. The molecule has 2 aliphatic heterocycles. The van der Waals surface area contributed by atoms with Crippen LogP contribution in [0, 0.1) is 5.92 Å². The van der Waals surface area contributed by atoms with Gasteiger partial charge in [-0.3, -0.25) is 0 Å². The highest BCUT2D eigenvalue weighted by atomic mass is 16.5. The number of nitrogens with two attached hydrogens (primary N) is 1. The average Bonchev–Trinajstić information content (AvgIpc) is 3.59. The topological polar surface area (TPSA) is 105 Å². The molecule has 2 aliphatic rings. The minimum absolute atomic E-state index is 0.104. The van der Waals surface area contributed by atoms with Gasteiger partial charge in [-0.05, 0) is 69.0 Å². The Hall–Kier alpha value is -4.36. The van der Waals surface area contributed by atoms with Crippen molar-refractivity contribution in [3.63, 3.8) is 0 Å². The first kappa shape index (κ1) is 46.6. The quantitative estimate of drug-likeness (QED) is 0.159. The summed E-state index contributed by atoms with van der Waals surface area (Å²) in [5, 5.41) is 11.7. The van der Waals surface area contributed by atoms with E-state index >= 15 is 0 Å². The number of nitrogens with zero attached hydrogens (tertiary/aromatic N) is 1. The average molecular weight is 702 g/mol. The molecule has 0 bridgehead atoms. The van der Waals surface area contributed by atoms with E-state index in [2.05, 4.69) is 96.4 Å². The molecule has 1 saturated heterocycles. The summed E-state index contributed by atoms with van der Waals surface area (Å²) in [4.78, 5) is 24.8. The van der Waals surface area contributed by atoms with Gasteiger partial charge in [0.2, 0.25) is 0 Å². The summed E-state index contributed by atoms with van der Waals surface area (Å²) in [6, 6.07) is 31.4. The van der Waals surface area contributed by atoms with Gasteiger partial charge < -0.3 is 25.8 Å². The van der Waals surface area contributed by atoms with E-state index in [-0.39, 0.29) is 12.0 Å². The number of carboxylic acids is 1. The molecule has 4 N–H and O–H groups in total. The zero-order valence-electron chi connectivity index (χ0n) is 33.2. The van der Waals surface area contributed by atoms with Crippen LogP contribution in [0.5, 0.6) is 0 Å². The lowest BCUT2D eigenvalue weighted by Gasteiger charge is -2.22. The number of ether oxygens (including phenoxy) is 1. The first-order valence-electron chi connectivity index (χ1n) is 18.7. The summed E-state index contributed by atoms with van der Waals surface area (Å²) in [5.74, 6) is -0.125. The lowest BCUT2D eigenvalue weighted by Crippen LogP contribution is -2.25. The predicted molar refractivity (Wildman–Crippen MR) is 217 cm³/mol. The number of hydrogen-bond acceptors (Lipinski definition) is 6. The number of anilines is 1. The standard InChI is InChI=1S/C20H25N.C10H13NO4.C6H7N.C4H10.2C2H6/c1-17-12-14-21(16-17)15-13-20(18-8-4-2-5-9-18)19-10-6-3-7-11-19;1-5-7(9(12)13)4-8(6(2)11-5)10(14)15-3;7-6-4-2-1-3-5-6;1-3-4-2;2*1-2/h2-11,17,20H,12-16H2,1H3;11H,4H2,1-3H3,(H,12,13);1-5H,7H2;3-4H2,1-2H3;2*1-2H3. The first-order valence-corrected chi connectivity index (χ1v) is 18.7. The third-order valence-electron chi connectivity index (χ3n) is 8.27. The van der Waals surface area contributed by atoms with E-state index < -0.39 is 11.9 Å². The second-order valence-corrected chi connectivity index (χ2v) is 12.1. The molecule has 0 amide bonds. The number of carboxylic acid groups (broad SMARTS) is 1. The number of nitrogens with one attached hydrogen (secondary N) is 1. The smallest absolute Gasteiger partial charge is 0.335 e. The Morgan fingerprint density at radius 3 is 1.63 bits per heavy atom. The SMILES string of the molecule is CC.CC.CC1CCN(CCC(c2ccccc2)c2ccccc2)C1.CCCC.COC(=O)C1=C(C)NC(C)=C(C(=O)O)C1.Nc1ccccc1. The molecule has 0 spiro atoms. The third kappa shape index (κ3) is 18.4. The Kier molecular flexibility index (Phi) is 25.9. The number of carbonyl (C=O) groups excluding carboxylic acids is 1. The molecule has 0 aromatic heterocycles. The molecule has 1 fully saturated rings. The van der Waals surface area contributed by atoms with Crippen LogP contribution in [0.1, 0.15) is 111 Å². The number of aliphatic carboxylic acids is 1. The van der Waals surface area contributed by atoms with E-state index in [0.29, 0.717) is 22.9 Å². The van der Waals surface area contributed by atoms with Crippen molar-refractivity contribution < 1.29 is 19.4 Å².